The van der Waals surface area contributed by atoms with Crippen molar-refractivity contribution in [1.29, 1.82) is 0 Å². The van der Waals surface area contributed by atoms with Gasteiger partial charge in [-0.25, -0.2) is 4.79 Å². The maximum Gasteiger partial charge on any atom is 0.344 e. The molecule has 0 saturated heterocycles. The Kier molecular flexibility index (Phi) is 7.90. The van der Waals surface area contributed by atoms with Gasteiger partial charge in [-0.1, -0.05) is 30.3 Å². The van der Waals surface area contributed by atoms with Crippen LogP contribution in [0, 0.1) is 0 Å². The van der Waals surface area contributed by atoms with Gasteiger partial charge in [-0.3, -0.25) is 14.4 Å². The molecule has 2 amide bonds. The Morgan fingerprint density at radius 2 is 1.52 bits per heavy atom. The van der Waals surface area contributed by atoms with Gasteiger partial charge in [-0.05, 0) is 24.3 Å². The highest BCUT2D eigenvalue weighted by atomic mass is 16.6. The van der Waals surface area contributed by atoms with E-state index in [1.54, 1.807) is 48.5 Å². The molecule has 0 aliphatic rings. The van der Waals surface area contributed by atoms with Crippen molar-refractivity contribution in [2.75, 3.05) is 33.9 Å². The van der Waals surface area contributed by atoms with Crippen LogP contribution in [-0.2, 0) is 19.1 Å². The standard InChI is InChI=1S/C21H22N2O6/c1-22-18(24)12-23(2)19(25)13-29-20(26)14-28-17-10-8-16(9-11-17)21(27)15-6-4-3-5-7-15/h3-11H,12-14H2,1-2H3,(H,22,24). The predicted octanol–water partition coefficient (Wildman–Crippen LogP) is 1.04. The summed E-state index contributed by atoms with van der Waals surface area (Å²) in [6, 6.07) is 15.2. The SMILES string of the molecule is CNC(=O)CN(C)C(=O)COC(=O)COc1ccc(C(=O)c2ccccc2)cc1. The summed E-state index contributed by atoms with van der Waals surface area (Å²) in [4.78, 5) is 48.2. The van der Waals surface area contributed by atoms with Crippen molar-refractivity contribution < 1.29 is 28.7 Å². The fourth-order valence-electron chi connectivity index (χ4n) is 2.28. The highest BCUT2D eigenvalue weighted by Gasteiger charge is 2.15. The van der Waals surface area contributed by atoms with Crippen molar-refractivity contribution in [3.8, 4) is 5.75 Å². The van der Waals surface area contributed by atoms with Crippen LogP contribution in [-0.4, -0.2) is 62.3 Å². The molecule has 0 spiro atoms. The van der Waals surface area contributed by atoms with E-state index in [-0.39, 0.29) is 18.2 Å². The van der Waals surface area contributed by atoms with Gasteiger partial charge in [0, 0.05) is 25.2 Å². The van der Waals surface area contributed by atoms with Crippen LogP contribution in [0.2, 0.25) is 0 Å². The summed E-state index contributed by atoms with van der Waals surface area (Å²) in [5.74, 6) is -1.29. The Labute approximate surface area is 168 Å². The lowest BCUT2D eigenvalue weighted by Crippen LogP contribution is -2.39. The van der Waals surface area contributed by atoms with Gasteiger partial charge in [0.15, 0.2) is 19.0 Å². The highest BCUT2D eigenvalue weighted by molar-refractivity contribution is 6.09. The van der Waals surface area contributed by atoms with Crippen molar-refractivity contribution in [3.63, 3.8) is 0 Å². The smallest absolute Gasteiger partial charge is 0.344 e. The summed E-state index contributed by atoms with van der Waals surface area (Å²) >= 11 is 0. The maximum atomic E-state index is 12.3. The summed E-state index contributed by atoms with van der Waals surface area (Å²) < 4.78 is 10.1. The molecule has 29 heavy (non-hydrogen) atoms. The number of benzene rings is 2. The molecular formula is C21H22N2O6. The third-order valence-corrected chi connectivity index (χ3v) is 3.95. The summed E-state index contributed by atoms with van der Waals surface area (Å²) in [5, 5.41) is 2.39. The van der Waals surface area contributed by atoms with Crippen LogP contribution in [0.3, 0.4) is 0 Å². The van der Waals surface area contributed by atoms with Gasteiger partial charge in [0.1, 0.15) is 5.75 Å². The lowest BCUT2D eigenvalue weighted by atomic mass is 10.0. The Bertz CT molecular complexity index is 864. The van der Waals surface area contributed by atoms with Gasteiger partial charge in [0.25, 0.3) is 5.91 Å². The summed E-state index contributed by atoms with van der Waals surface area (Å²) in [7, 11) is 2.89. The molecule has 0 aromatic heterocycles. The van der Waals surface area contributed by atoms with Crippen molar-refractivity contribution in [3.05, 3.63) is 65.7 Å². The molecule has 2 rings (SSSR count). The number of rotatable bonds is 9. The normalized spacial score (nSPS) is 10.0. The van der Waals surface area contributed by atoms with Crippen LogP contribution in [0.25, 0.3) is 0 Å². The van der Waals surface area contributed by atoms with E-state index in [4.69, 9.17) is 9.47 Å². The van der Waals surface area contributed by atoms with Crippen LogP contribution in [0.4, 0.5) is 0 Å². The second-order valence-electron chi connectivity index (χ2n) is 6.09. The first kappa shape index (κ1) is 21.6. The number of ether oxygens (including phenoxy) is 2. The second-order valence-corrected chi connectivity index (χ2v) is 6.09. The van der Waals surface area contributed by atoms with Crippen molar-refractivity contribution in [2.45, 2.75) is 0 Å². The lowest BCUT2D eigenvalue weighted by Gasteiger charge is -2.16. The van der Waals surface area contributed by atoms with Crippen LogP contribution < -0.4 is 10.1 Å². The van der Waals surface area contributed by atoms with Crippen molar-refractivity contribution >= 4 is 23.6 Å². The molecule has 0 radical (unpaired) electrons. The molecular weight excluding hydrogens is 376 g/mol. The summed E-state index contributed by atoms with van der Waals surface area (Å²) in [5.41, 5.74) is 1.08. The lowest BCUT2D eigenvalue weighted by molar-refractivity contribution is -0.153. The molecule has 1 N–H and O–H groups in total. The van der Waals surface area contributed by atoms with Crippen LogP contribution >= 0.6 is 0 Å². The minimum Gasteiger partial charge on any atom is -0.482 e. The van der Waals surface area contributed by atoms with Crippen LogP contribution in [0.1, 0.15) is 15.9 Å². The first-order valence-corrected chi connectivity index (χ1v) is 8.83. The molecule has 0 atom stereocenters. The zero-order chi connectivity index (χ0) is 21.2. The molecule has 0 bridgehead atoms. The topological polar surface area (TPSA) is 102 Å². The number of amides is 2. The molecule has 8 heteroatoms. The number of carbonyl (C=O) groups excluding carboxylic acids is 4. The molecule has 0 fully saturated rings. The van der Waals surface area contributed by atoms with E-state index in [0.29, 0.717) is 16.9 Å². The summed E-state index contributed by atoms with van der Waals surface area (Å²) in [6.45, 7) is -1.00. The Morgan fingerprint density at radius 3 is 2.14 bits per heavy atom. The Hall–Kier alpha value is -3.68. The average molecular weight is 398 g/mol. The molecule has 0 saturated carbocycles. The van der Waals surface area contributed by atoms with Crippen molar-refractivity contribution in [2.24, 2.45) is 0 Å². The first-order valence-electron chi connectivity index (χ1n) is 8.83. The minimum atomic E-state index is -0.726. The third-order valence-electron chi connectivity index (χ3n) is 3.95. The number of ketones is 1. The first-order chi connectivity index (χ1) is 13.9. The molecule has 152 valence electrons. The average Bonchev–Trinajstić information content (AvgIpc) is 2.76. The molecule has 0 aliphatic carbocycles. The van der Waals surface area contributed by atoms with E-state index in [2.05, 4.69) is 5.32 Å². The Balaban J connectivity index is 1.78. The third kappa shape index (κ3) is 6.76. The number of esters is 1. The van der Waals surface area contributed by atoms with E-state index in [1.807, 2.05) is 6.07 Å². The zero-order valence-electron chi connectivity index (χ0n) is 16.2. The fraction of sp³-hybridized carbons (Fsp3) is 0.238. The van der Waals surface area contributed by atoms with Crippen molar-refractivity contribution in [1.82, 2.24) is 10.2 Å². The quantitative estimate of drug-likeness (QED) is 0.500. The predicted molar refractivity (Wildman–Crippen MR) is 104 cm³/mol. The number of nitrogens with zero attached hydrogens (tertiary/aromatic N) is 1. The summed E-state index contributed by atoms with van der Waals surface area (Å²) in [6.07, 6.45) is 0. The molecule has 8 nitrogen and oxygen atoms in total. The number of nitrogens with one attached hydrogen (secondary N) is 1. The second kappa shape index (κ2) is 10.6. The van der Waals surface area contributed by atoms with Crippen LogP contribution in [0.5, 0.6) is 5.75 Å². The minimum absolute atomic E-state index is 0.115. The number of likely N-dealkylation sites (N-methyl/N-ethyl adjacent to an activating group) is 2. The van der Waals surface area contributed by atoms with Gasteiger partial charge < -0.3 is 19.7 Å². The number of hydrogen-bond acceptors (Lipinski definition) is 6. The molecule has 0 heterocycles. The van der Waals surface area contributed by atoms with E-state index in [1.165, 1.54) is 14.1 Å². The van der Waals surface area contributed by atoms with Gasteiger partial charge >= 0.3 is 5.97 Å². The number of carbonyl (C=O) groups is 4. The van der Waals surface area contributed by atoms with E-state index < -0.39 is 25.1 Å². The van der Waals surface area contributed by atoms with Gasteiger partial charge in [-0.2, -0.15) is 0 Å². The maximum absolute atomic E-state index is 12.3. The van der Waals surface area contributed by atoms with Gasteiger partial charge in [-0.15, -0.1) is 0 Å². The molecule has 0 unspecified atom stereocenters. The van der Waals surface area contributed by atoms with Crippen LogP contribution in [0.15, 0.2) is 54.6 Å². The van der Waals surface area contributed by atoms with E-state index in [9.17, 15) is 19.2 Å². The zero-order valence-corrected chi connectivity index (χ0v) is 16.2. The molecule has 0 aliphatic heterocycles. The van der Waals surface area contributed by atoms with Gasteiger partial charge in [0.2, 0.25) is 5.91 Å². The molecule has 2 aromatic carbocycles. The highest BCUT2D eigenvalue weighted by Crippen LogP contribution is 2.15. The monoisotopic (exact) mass is 398 g/mol. The number of hydrogen-bond donors (Lipinski definition) is 1. The van der Waals surface area contributed by atoms with E-state index in [0.717, 1.165) is 4.90 Å². The Morgan fingerprint density at radius 1 is 0.897 bits per heavy atom. The van der Waals surface area contributed by atoms with E-state index >= 15 is 0 Å². The largest absolute Gasteiger partial charge is 0.482 e. The fourth-order valence-corrected chi connectivity index (χ4v) is 2.28. The molecule has 2 aromatic rings. The van der Waals surface area contributed by atoms with Gasteiger partial charge in [0.05, 0.1) is 6.54 Å².